The van der Waals surface area contributed by atoms with Crippen molar-refractivity contribution in [2.45, 2.75) is 26.3 Å². The summed E-state index contributed by atoms with van der Waals surface area (Å²) in [7, 11) is 0. The largest absolute Gasteiger partial charge is 0.436 e. The van der Waals surface area contributed by atoms with Crippen LogP contribution >= 0.6 is 23.2 Å². The number of piperidine rings is 1. The van der Waals surface area contributed by atoms with Gasteiger partial charge < -0.3 is 20.3 Å². The minimum Gasteiger partial charge on any atom is -0.436 e. The lowest BCUT2D eigenvalue weighted by Gasteiger charge is -2.31. The number of amides is 1. The maximum absolute atomic E-state index is 11.3. The summed E-state index contributed by atoms with van der Waals surface area (Å²) in [6.07, 6.45) is 5.37. The minimum absolute atomic E-state index is 0.0171. The second-order valence-corrected chi connectivity index (χ2v) is 10.8. The fourth-order valence-electron chi connectivity index (χ4n) is 4.79. The van der Waals surface area contributed by atoms with Crippen LogP contribution in [0, 0.1) is 5.92 Å². The average molecular weight is 572 g/mol. The number of nitrogens with zero attached hydrogens (tertiary/aromatic N) is 6. The lowest BCUT2D eigenvalue weighted by molar-refractivity contribution is -0.119. The number of carbonyl (C=O) groups is 1. The number of nitrogens with one attached hydrogen (secondary N) is 2. The number of hydrogen-bond acceptors (Lipinski definition) is 9. The van der Waals surface area contributed by atoms with Crippen LogP contribution in [0.15, 0.2) is 36.7 Å². The molecule has 2 fully saturated rings. The lowest BCUT2D eigenvalue weighted by atomic mass is 9.96. The molecule has 0 saturated carbocycles. The predicted octanol–water partition coefficient (Wildman–Crippen LogP) is 3.79. The molecule has 1 amide bonds. The van der Waals surface area contributed by atoms with Gasteiger partial charge in [0.05, 0.1) is 18.1 Å². The highest BCUT2D eigenvalue weighted by molar-refractivity contribution is 6.35. The van der Waals surface area contributed by atoms with E-state index in [0.29, 0.717) is 51.5 Å². The van der Waals surface area contributed by atoms with Crippen molar-refractivity contribution in [1.29, 1.82) is 0 Å². The lowest BCUT2D eigenvalue weighted by Crippen LogP contribution is -2.44. The molecule has 2 saturated heterocycles. The van der Waals surface area contributed by atoms with Crippen molar-refractivity contribution in [1.82, 2.24) is 35.5 Å². The molecule has 5 rings (SSSR count). The van der Waals surface area contributed by atoms with Crippen LogP contribution < -0.4 is 20.3 Å². The molecule has 39 heavy (non-hydrogen) atoms. The van der Waals surface area contributed by atoms with Crippen molar-refractivity contribution < 1.29 is 9.53 Å². The Morgan fingerprint density at radius 2 is 1.72 bits per heavy atom. The van der Waals surface area contributed by atoms with E-state index in [0.717, 1.165) is 64.3 Å². The molecule has 0 aliphatic carbocycles. The molecular formula is C27H32Cl2N8O2. The number of anilines is 1. The number of benzene rings is 1. The van der Waals surface area contributed by atoms with Crippen molar-refractivity contribution >= 4 is 35.1 Å². The molecule has 0 spiro atoms. The first kappa shape index (κ1) is 27.5. The van der Waals surface area contributed by atoms with Crippen molar-refractivity contribution in [3.63, 3.8) is 0 Å². The summed E-state index contributed by atoms with van der Waals surface area (Å²) < 4.78 is 6.11. The molecule has 206 valence electrons. The van der Waals surface area contributed by atoms with E-state index >= 15 is 0 Å². The Labute approximate surface area is 238 Å². The molecular weight excluding hydrogens is 539 g/mol. The topological polar surface area (TPSA) is 108 Å². The molecule has 2 aliphatic heterocycles. The first-order chi connectivity index (χ1) is 18.9. The van der Waals surface area contributed by atoms with Crippen LogP contribution in [0.5, 0.6) is 11.6 Å². The Bertz CT molecular complexity index is 1260. The average Bonchev–Trinajstić information content (AvgIpc) is 2.93. The highest BCUT2D eigenvalue weighted by atomic mass is 35.5. The predicted molar refractivity (Wildman–Crippen MR) is 151 cm³/mol. The zero-order valence-electron chi connectivity index (χ0n) is 21.9. The number of hydrogen-bond donors (Lipinski definition) is 2. The van der Waals surface area contributed by atoms with Crippen LogP contribution in [0.25, 0.3) is 11.4 Å². The van der Waals surface area contributed by atoms with Gasteiger partial charge in [0.1, 0.15) is 0 Å². The summed E-state index contributed by atoms with van der Waals surface area (Å²) in [5.74, 6) is 2.55. The molecule has 2 N–H and O–H groups in total. The third-order valence-electron chi connectivity index (χ3n) is 6.85. The fourth-order valence-corrected chi connectivity index (χ4v) is 5.32. The van der Waals surface area contributed by atoms with Crippen molar-refractivity contribution in [3.8, 4) is 23.0 Å². The third-order valence-corrected chi connectivity index (χ3v) is 7.28. The number of halogens is 2. The molecule has 3 aromatic rings. The van der Waals surface area contributed by atoms with E-state index < -0.39 is 0 Å². The van der Waals surface area contributed by atoms with Gasteiger partial charge in [-0.2, -0.15) is 4.98 Å². The van der Waals surface area contributed by atoms with E-state index in [4.69, 9.17) is 32.9 Å². The van der Waals surface area contributed by atoms with Gasteiger partial charge in [-0.3, -0.25) is 9.69 Å². The maximum Gasteiger partial charge on any atom is 0.225 e. The van der Waals surface area contributed by atoms with Gasteiger partial charge in [-0.15, -0.1) is 0 Å². The standard InChI is InChI=1S/C27H32Cl2N8O2/c1-18(38)31-14-19-2-6-36(7-3-19)17-23-13-25(35-26(34-23)20-10-21(28)12-22(29)11-20)39-24-15-32-27(33-16-24)37-8-4-30-5-9-37/h10-13,15-16,19,30H,2-9,14,17H2,1H3,(H,31,38). The SMILES string of the molecule is CC(=O)NCC1CCN(Cc2cc(Oc3cnc(N4CCNCC4)nc3)nc(-c3cc(Cl)cc(Cl)c3)n2)CC1. The number of carbonyl (C=O) groups excluding carboxylic acids is 1. The Morgan fingerprint density at radius 1 is 1.03 bits per heavy atom. The van der Waals surface area contributed by atoms with E-state index in [1.54, 1.807) is 37.5 Å². The number of piperazine rings is 1. The first-order valence-electron chi connectivity index (χ1n) is 13.2. The van der Waals surface area contributed by atoms with Crippen molar-refractivity contribution in [3.05, 3.63) is 52.4 Å². The van der Waals surface area contributed by atoms with Gasteiger partial charge in [0.15, 0.2) is 11.6 Å². The molecule has 4 heterocycles. The van der Waals surface area contributed by atoms with Crippen LogP contribution in [0.3, 0.4) is 0 Å². The van der Waals surface area contributed by atoms with Gasteiger partial charge in [-0.1, -0.05) is 23.2 Å². The Kier molecular flexibility index (Phi) is 9.08. The quantitative estimate of drug-likeness (QED) is 0.418. The van der Waals surface area contributed by atoms with Crippen LogP contribution in [0.4, 0.5) is 5.95 Å². The summed E-state index contributed by atoms with van der Waals surface area (Å²) in [6, 6.07) is 7.10. The second-order valence-electron chi connectivity index (χ2n) is 9.89. The van der Waals surface area contributed by atoms with Gasteiger partial charge >= 0.3 is 0 Å². The molecule has 0 radical (unpaired) electrons. The molecule has 0 unspecified atom stereocenters. The van der Waals surface area contributed by atoms with Crippen LogP contribution in [0.1, 0.15) is 25.5 Å². The third kappa shape index (κ3) is 7.76. The minimum atomic E-state index is 0.0171. The maximum atomic E-state index is 11.3. The fraction of sp³-hybridized carbons (Fsp3) is 0.444. The molecule has 0 bridgehead atoms. The zero-order valence-corrected chi connectivity index (χ0v) is 23.4. The first-order valence-corrected chi connectivity index (χ1v) is 13.9. The van der Waals surface area contributed by atoms with E-state index in [1.165, 1.54) is 0 Å². The Morgan fingerprint density at radius 3 is 2.38 bits per heavy atom. The molecule has 2 aromatic heterocycles. The second kappa shape index (κ2) is 12.9. The molecule has 1 aromatic carbocycles. The highest BCUT2D eigenvalue weighted by Gasteiger charge is 2.21. The molecule has 12 heteroatoms. The van der Waals surface area contributed by atoms with Crippen LogP contribution in [-0.4, -0.2) is 76.6 Å². The molecule has 10 nitrogen and oxygen atoms in total. The Balaban J connectivity index is 1.33. The summed E-state index contributed by atoms with van der Waals surface area (Å²) in [5.41, 5.74) is 1.53. The van der Waals surface area contributed by atoms with Gasteiger partial charge in [0.25, 0.3) is 0 Å². The summed E-state index contributed by atoms with van der Waals surface area (Å²) in [6.45, 7) is 8.32. The number of aromatic nitrogens is 4. The summed E-state index contributed by atoms with van der Waals surface area (Å²) >= 11 is 12.5. The summed E-state index contributed by atoms with van der Waals surface area (Å²) in [4.78, 5) is 34.2. The van der Waals surface area contributed by atoms with E-state index in [2.05, 4.69) is 35.4 Å². The van der Waals surface area contributed by atoms with Crippen LogP contribution in [0.2, 0.25) is 10.0 Å². The van der Waals surface area contributed by atoms with Crippen molar-refractivity contribution in [2.24, 2.45) is 5.92 Å². The number of likely N-dealkylation sites (tertiary alicyclic amines) is 1. The Hall–Kier alpha value is -3.05. The van der Waals surface area contributed by atoms with E-state index in [1.807, 2.05) is 6.07 Å². The molecule has 2 aliphatic rings. The van der Waals surface area contributed by atoms with Crippen LogP contribution in [-0.2, 0) is 11.3 Å². The monoisotopic (exact) mass is 570 g/mol. The van der Waals surface area contributed by atoms with Gasteiger partial charge in [-0.05, 0) is 50.0 Å². The molecule has 0 atom stereocenters. The number of rotatable bonds is 8. The van der Waals surface area contributed by atoms with Gasteiger partial charge in [-0.25, -0.2) is 15.0 Å². The smallest absolute Gasteiger partial charge is 0.225 e. The van der Waals surface area contributed by atoms with Crippen molar-refractivity contribution in [2.75, 3.05) is 50.7 Å². The van der Waals surface area contributed by atoms with Gasteiger partial charge in [0.2, 0.25) is 17.7 Å². The number of ether oxygens (including phenoxy) is 1. The van der Waals surface area contributed by atoms with Gasteiger partial charge in [0, 0.05) is 67.9 Å². The van der Waals surface area contributed by atoms with E-state index in [-0.39, 0.29) is 5.91 Å². The summed E-state index contributed by atoms with van der Waals surface area (Å²) in [5, 5.41) is 7.28. The van der Waals surface area contributed by atoms with E-state index in [9.17, 15) is 4.79 Å². The highest BCUT2D eigenvalue weighted by Crippen LogP contribution is 2.29. The zero-order chi connectivity index (χ0) is 27.2. The normalized spacial score (nSPS) is 16.7.